The van der Waals surface area contributed by atoms with Crippen LogP contribution in [0.1, 0.15) is 35.4 Å². The molecule has 35 heavy (non-hydrogen) atoms. The molecule has 4 rings (SSSR count). The zero-order chi connectivity index (χ0) is 24.8. The highest BCUT2D eigenvalue weighted by Crippen LogP contribution is 2.32. The first kappa shape index (κ1) is 24.7. The Hall–Kier alpha value is -3.45. The van der Waals surface area contributed by atoms with E-state index >= 15 is 0 Å². The highest BCUT2D eigenvalue weighted by molar-refractivity contribution is 7.92. The van der Waals surface area contributed by atoms with Crippen LogP contribution in [0.25, 0.3) is 0 Å². The number of benzene rings is 3. The van der Waals surface area contributed by atoms with Crippen LogP contribution in [0, 0.1) is 0 Å². The Balaban J connectivity index is 1.55. The van der Waals surface area contributed by atoms with Crippen LogP contribution in [0.3, 0.4) is 0 Å². The molecular weight excluding hydrogens is 462 g/mol. The largest absolute Gasteiger partial charge is 0.480 e. The summed E-state index contributed by atoms with van der Waals surface area (Å²) in [6.07, 6.45) is 0.984. The maximum Gasteiger partial charge on any atom is 0.326 e. The second kappa shape index (κ2) is 10.9. The Bertz CT molecular complexity index is 1210. The van der Waals surface area contributed by atoms with Crippen LogP contribution < -0.4 is 0 Å². The van der Waals surface area contributed by atoms with Crippen LogP contribution in [0.4, 0.5) is 0 Å². The van der Waals surface area contributed by atoms with Crippen molar-refractivity contribution in [2.75, 3.05) is 12.3 Å². The summed E-state index contributed by atoms with van der Waals surface area (Å²) >= 11 is 0. The molecule has 1 heterocycles. The van der Waals surface area contributed by atoms with Crippen molar-refractivity contribution in [3.63, 3.8) is 0 Å². The molecule has 0 unspecified atom stereocenters. The van der Waals surface area contributed by atoms with E-state index < -0.39 is 38.9 Å². The molecule has 0 spiro atoms. The molecule has 0 radical (unpaired) electrons. The van der Waals surface area contributed by atoms with Crippen LogP contribution in [0.5, 0.6) is 0 Å². The smallest absolute Gasteiger partial charge is 0.326 e. The van der Waals surface area contributed by atoms with Crippen molar-refractivity contribution in [1.82, 2.24) is 4.90 Å². The van der Waals surface area contributed by atoms with E-state index in [2.05, 4.69) is 0 Å². The van der Waals surface area contributed by atoms with Crippen molar-refractivity contribution in [3.05, 3.63) is 108 Å². The quantitative estimate of drug-likeness (QED) is 0.490. The molecule has 0 aromatic heterocycles. The minimum atomic E-state index is -3.58. The van der Waals surface area contributed by atoms with E-state index in [0.29, 0.717) is 12.8 Å². The molecule has 1 aliphatic rings. The first-order valence-electron chi connectivity index (χ1n) is 11.8. The third kappa shape index (κ3) is 5.80. The number of carboxylic acids is 1. The van der Waals surface area contributed by atoms with Gasteiger partial charge in [-0.05, 0) is 36.0 Å². The fraction of sp³-hybridized carbons (Fsp3) is 0.286. The van der Waals surface area contributed by atoms with Gasteiger partial charge in [-0.1, -0.05) is 91.0 Å². The fourth-order valence-electron chi connectivity index (χ4n) is 4.76. The Morgan fingerprint density at radius 1 is 0.857 bits per heavy atom. The lowest BCUT2D eigenvalue weighted by atomic mass is 9.90. The van der Waals surface area contributed by atoms with E-state index in [-0.39, 0.29) is 18.7 Å². The topological polar surface area (TPSA) is 91.8 Å². The Morgan fingerprint density at radius 3 is 1.89 bits per heavy atom. The van der Waals surface area contributed by atoms with Crippen molar-refractivity contribution < 1.29 is 23.1 Å². The first-order chi connectivity index (χ1) is 16.9. The molecular formula is C28H29NO5S. The number of aryl methyl sites for hydroxylation is 1. The zero-order valence-electron chi connectivity index (χ0n) is 19.4. The van der Waals surface area contributed by atoms with E-state index in [9.17, 15) is 23.1 Å². The average Bonchev–Trinajstić information content (AvgIpc) is 3.33. The predicted molar refractivity (Wildman–Crippen MR) is 135 cm³/mol. The molecule has 0 saturated carbocycles. The average molecular weight is 492 g/mol. The zero-order valence-corrected chi connectivity index (χ0v) is 20.2. The van der Waals surface area contributed by atoms with Gasteiger partial charge >= 0.3 is 5.97 Å². The number of sulfone groups is 1. The molecule has 0 bridgehead atoms. The minimum absolute atomic E-state index is 0.0400. The van der Waals surface area contributed by atoms with Gasteiger partial charge in [-0.3, -0.25) is 4.79 Å². The summed E-state index contributed by atoms with van der Waals surface area (Å²) in [5.41, 5.74) is 2.53. The standard InChI is InChI=1S/C28H29NO5S/c30-27(26(22-14-6-2-7-15-22)23-16-8-3-9-17-23)29-20-24(19-25(29)28(31)32)35(33,34)18-10-13-21-11-4-1-5-12-21/h1-9,11-12,14-17,24-26H,10,13,18-20H2,(H,31,32)/t24-,25-/m0/s1. The van der Waals surface area contributed by atoms with Crippen molar-refractivity contribution >= 4 is 21.7 Å². The predicted octanol–water partition coefficient (Wildman–Crippen LogP) is 3.92. The summed E-state index contributed by atoms with van der Waals surface area (Å²) in [5, 5.41) is 8.98. The number of likely N-dealkylation sites (tertiary alicyclic amines) is 1. The molecule has 1 N–H and O–H groups in total. The Morgan fingerprint density at radius 2 is 1.37 bits per heavy atom. The van der Waals surface area contributed by atoms with Gasteiger partial charge in [0.2, 0.25) is 5.91 Å². The van der Waals surface area contributed by atoms with E-state index in [0.717, 1.165) is 16.7 Å². The van der Waals surface area contributed by atoms with E-state index in [1.165, 1.54) is 4.90 Å². The monoisotopic (exact) mass is 491 g/mol. The summed E-state index contributed by atoms with van der Waals surface area (Å²) in [4.78, 5) is 27.2. The lowest BCUT2D eigenvalue weighted by molar-refractivity contribution is -0.148. The molecule has 1 saturated heterocycles. The summed E-state index contributed by atoms with van der Waals surface area (Å²) in [5.74, 6) is -2.32. The third-order valence-corrected chi connectivity index (χ3v) is 8.80. The number of nitrogens with zero attached hydrogens (tertiary/aromatic N) is 1. The molecule has 2 atom stereocenters. The molecule has 1 fully saturated rings. The number of hydrogen-bond donors (Lipinski definition) is 1. The highest BCUT2D eigenvalue weighted by atomic mass is 32.2. The number of hydrogen-bond acceptors (Lipinski definition) is 4. The Labute approximate surface area is 206 Å². The van der Waals surface area contributed by atoms with Crippen molar-refractivity contribution in [2.45, 2.75) is 36.5 Å². The maximum atomic E-state index is 13.8. The van der Waals surface area contributed by atoms with Crippen LogP contribution in [0.2, 0.25) is 0 Å². The number of carbonyl (C=O) groups is 2. The van der Waals surface area contributed by atoms with Crippen LogP contribution in [0.15, 0.2) is 91.0 Å². The van der Waals surface area contributed by atoms with Crippen molar-refractivity contribution in [2.24, 2.45) is 0 Å². The molecule has 1 amide bonds. The first-order valence-corrected chi connectivity index (χ1v) is 13.5. The van der Waals surface area contributed by atoms with Gasteiger partial charge < -0.3 is 10.0 Å². The number of carbonyl (C=O) groups excluding carboxylic acids is 1. The maximum absolute atomic E-state index is 13.8. The van der Waals surface area contributed by atoms with Gasteiger partial charge in [-0.25, -0.2) is 13.2 Å². The second-order valence-corrected chi connectivity index (χ2v) is 11.3. The van der Waals surface area contributed by atoms with Gasteiger partial charge in [0.1, 0.15) is 6.04 Å². The van der Waals surface area contributed by atoms with Crippen LogP contribution in [-0.4, -0.2) is 53.9 Å². The van der Waals surface area contributed by atoms with Gasteiger partial charge in [0.05, 0.1) is 16.9 Å². The molecule has 0 aliphatic carbocycles. The third-order valence-electron chi connectivity index (χ3n) is 6.59. The molecule has 3 aromatic carbocycles. The van der Waals surface area contributed by atoms with Crippen molar-refractivity contribution in [1.29, 1.82) is 0 Å². The van der Waals surface area contributed by atoms with Crippen LogP contribution >= 0.6 is 0 Å². The summed E-state index contributed by atoms with van der Waals surface area (Å²) < 4.78 is 26.3. The molecule has 7 heteroatoms. The number of amides is 1. The lowest BCUT2D eigenvalue weighted by Crippen LogP contribution is -2.43. The highest BCUT2D eigenvalue weighted by Gasteiger charge is 2.46. The minimum Gasteiger partial charge on any atom is -0.480 e. The van der Waals surface area contributed by atoms with Gasteiger partial charge in [-0.2, -0.15) is 0 Å². The van der Waals surface area contributed by atoms with E-state index in [1.54, 1.807) is 0 Å². The van der Waals surface area contributed by atoms with Gasteiger partial charge in [-0.15, -0.1) is 0 Å². The Kier molecular flexibility index (Phi) is 7.66. The second-order valence-electron chi connectivity index (χ2n) is 8.91. The summed E-state index contributed by atoms with van der Waals surface area (Å²) in [6, 6.07) is 26.8. The fourth-order valence-corrected chi connectivity index (χ4v) is 6.50. The van der Waals surface area contributed by atoms with Gasteiger partial charge in [0.15, 0.2) is 9.84 Å². The normalized spacial score (nSPS) is 18.0. The molecule has 3 aromatic rings. The molecule has 182 valence electrons. The van der Waals surface area contributed by atoms with Gasteiger partial charge in [0, 0.05) is 6.54 Å². The molecule has 1 aliphatic heterocycles. The van der Waals surface area contributed by atoms with Crippen molar-refractivity contribution in [3.8, 4) is 0 Å². The van der Waals surface area contributed by atoms with E-state index in [4.69, 9.17) is 0 Å². The number of aliphatic carboxylic acids is 1. The molecule has 6 nitrogen and oxygen atoms in total. The summed E-state index contributed by atoms with van der Waals surface area (Å²) in [6.45, 7) is -0.111. The van der Waals surface area contributed by atoms with Gasteiger partial charge in [0.25, 0.3) is 0 Å². The number of rotatable bonds is 9. The SMILES string of the molecule is O=C(O)[C@@H]1C[C@H](S(=O)(=O)CCCc2ccccc2)CN1C(=O)C(c1ccccc1)c1ccccc1. The number of carboxylic acid groups (broad SMARTS) is 1. The van der Waals surface area contributed by atoms with Crippen LogP contribution in [-0.2, 0) is 25.8 Å². The lowest BCUT2D eigenvalue weighted by Gasteiger charge is -2.27. The summed E-state index contributed by atoms with van der Waals surface area (Å²) in [7, 11) is -3.58. The van der Waals surface area contributed by atoms with E-state index in [1.807, 2.05) is 91.0 Å².